The third-order valence-electron chi connectivity index (χ3n) is 4.57. The minimum atomic E-state index is -0.570. The van der Waals surface area contributed by atoms with E-state index in [0.717, 1.165) is 17.0 Å². The number of carbonyl (C=O) groups excluding carboxylic acids is 1. The van der Waals surface area contributed by atoms with E-state index in [4.69, 9.17) is 10.2 Å². The zero-order valence-corrected chi connectivity index (χ0v) is 20.7. The molecule has 1 amide bonds. The molecule has 2 N–H and O–H groups in total. The van der Waals surface area contributed by atoms with Crippen LogP contribution < -0.4 is 5.48 Å². The Hall–Kier alpha value is -3.44. The van der Waals surface area contributed by atoms with E-state index in [1.165, 1.54) is 17.2 Å². The molecule has 2 aromatic carbocycles. The van der Waals surface area contributed by atoms with E-state index in [1.54, 1.807) is 11.6 Å². The average molecular weight is 450 g/mol. The van der Waals surface area contributed by atoms with Gasteiger partial charge in [-0.25, -0.2) is 5.48 Å². The molecule has 0 saturated carbocycles. The summed E-state index contributed by atoms with van der Waals surface area (Å²) in [6.07, 6.45) is 4.85. The first-order valence-electron chi connectivity index (χ1n) is 11.2. The molecule has 0 aliphatic heterocycles. The second-order valence-electron chi connectivity index (χ2n) is 6.82. The number of amidine groups is 1. The zero-order chi connectivity index (χ0) is 25.2. The highest BCUT2D eigenvalue weighted by Crippen LogP contribution is 2.18. The summed E-state index contributed by atoms with van der Waals surface area (Å²) in [6, 6.07) is 16.4. The normalized spacial score (nSPS) is 11.4. The molecule has 1 atom stereocenters. The van der Waals surface area contributed by atoms with Crippen LogP contribution in [0.3, 0.4) is 0 Å². The molecule has 178 valence electrons. The van der Waals surface area contributed by atoms with Crippen LogP contribution in [-0.4, -0.2) is 34.4 Å². The molecule has 0 aliphatic carbocycles. The Morgan fingerprint density at radius 2 is 1.82 bits per heavy atom. The highest BCUT2D eigenvalue weighted by molar-refractivity contribution is 6.00. The van der Waals surface area contributed by atoms with Crippen molar-refractivity contribution in [1.82, 2.24) is 10.4 Å². The van der Waals surface area contributed by atoms with Gasteiger partial charge in [-0.2, -0.15) is 0 Å². The van der Waals surface area contributed by atoms with E-state index in [-0.39, 0.29) is 6.04 Å². The zero-order valence-electron chi connectivity index (χ0n) is 20.7. The molecular weight excluding hydrogens is 410 g/mol. The van der Waals surface area contributed by atoms with Gasteiger partial charge in [0.25, 0.3) is 5.91 Å². The summed E-state index contributed by atoms with van der Waals surface area (Å²) >= 11 is 0. The van der Waals surface area contributed by atoms with Crippen molar-refractivity contribution in [3.63, 3.8) is 0 Å². The summed E-state index contributed by atoms with van der Waals surface area (Å²) < 4.78 is 0. The van der Waals surface area contributed by atoms with E-state index in [9.17, 15) is 4.79 Å². The molecule has 0 aromatic heterocycles. The summed E-state index contributed by atoms with van der Waals surface area (Å²) in [6.45, 7) is 21.5. The van der Waals surface area contributed by atoms with Crippen LogP contribution in [0.2, 0.25) is 0 Å². The molecule has 33 heavy (non-hydrogen) atoms. The van der Waals surface area contributed by atoms with Crippen molar-refractivity contribution in [3.05, 3.63) is 103 Å². The van der Waals surface area contributed by atoms with Gasteiger partial charge in [0.15, 0.2) is 0 Å². The molecule has 0 aliphatic rings. The molecular formula is C28H39N3O2. The largest absolute Gasteiger partial charge is 0.346 e. The molecule has 2 rings (SSSR count). The minimum absolute atomic E-state index is 0.0842. The predicted octanol–water partition coefficient (Wildman–Crippen LogP) is 6.19. The fraction of sp³-hybridized carbons (Fsp3) is 0.286. The third-order valence-corrected chi connectivity index (χ3v) is 4.57. The van der Waals surface area contributed by atoms with Gasteiger partial charge in [0.05, 0.1) is 0 Å². The highest BCUT2D eigenvalue weighted by Gasteiger charge is 2.18. The van der Waals surface area contributed by atoms with Gasteiger partial charge in [-0.15, -0.1) is 19.7 Å². The second-order valence-corrected chi connectivity index (χ2v) is 6.82. The number of aliphatic imine (C=N–C) groups is 1. The van der Waals surface area contributed by atoms with Crippen LogP contribution in [0, 0.1) is 6.92 Å². The fourth-order valence-electron chi connectivity index (χ4n) is 2.92. The average Bonchev–Trinajstić information content (AvgIpc) is 2.87. The maximum atomic E-state index is 11.3. The maximum absolute atomic E-state index is 11.3. The van der Waals surface area contributed by atoms with Crippen LogP contribution in [0.4, 0.5) is 0 Å². The van der Waals surface area contributed by atoms with Gasteiger partial charge in [0.2, 0.25) is 0 Å². The van der Waals surface area contributed by atoms with Crippen molar-refractivity contribution in [2.45, 2.75) is 47.2 Å². The van der Waals surface area contributed by atoms with Crippen LogP contribution in [0.1, 0.15) is 49.9 Å². The van der Waals surface area contributed by atoms with Gasteiger partial charge < -0.3 is 4.90 Å². The number of hydrogen-bond acceptors (Lipinski definition) is 3. The lowest BCUT2D eigenvalue weighted by molar-refractivity contribution is -0.124. The summed E-state index contributed by atoms with van der Waals surface area (Å²) in [4.78, 5) is 18.3. The van der Waals surface area contributed by atoms with E-state index in [2.05, 4.69) is 62.7 Å². The first kappa shape index (κ1) is 29.6. The van der Waals surface area contributed by atoms with Gasteiger partial charge in [-0.1, -0.05) is 68.0 Å². The lowest BCUT2D eigenvalue weighted by Crippen LogP contribution is -2.37. The Labute approximate surface area is 199 Å². The fourth-order valence-corrected chi connectivity index (χ4v) is 2.92. The summed E-state index contributed by atoms with van der Waals surface area (Å²) in [5.41, 5.74) is 5.82. The number of rotatable bonds is 8. The third kappa shape index (κ3) is 10.1. The van der Waals surface area contributed by atoms with E-state index >= 15 is 0 Å². The van der Waals surface area contributed by atoms with Crippen molar-refractivity contribution < 1.29 is 10.0 Å². The molecule has 0 radical (unpaired) electrons. The molecule has 5 nitrogen and oxygen atoms in total. The number of nitrogens with one attached hydrogen (secondary N) is 1. The van der Waals surface area contributed by atoms with E-state index in [1.807, 2.05) is 51.1 Å². The van der Waals surface area contributed by atoms with Crippen molar-refractivity contribution in [1.29, 1.82) is 0 Å². The Kier molecular flexibility index (Phi) is 15.4. The van der Waals surface area contributed by atoms with E-state index < -0.39 is 5.91 Å². The number of aryl methyl sites for hydroxylation is 1. The maximum Gasteiger partial charge on any atom is 0.267 e. The predicted molar refractivity (Wildman–Crippen MR) is 141 cm³/mol. The number of carbonyl (C=O) groups is 1. The summed E-state index contributed by atoms with van der Waals surface area (Å²) in [5, 5.41) is 8.66. The Morgan fingerprint density at radius 1 is 1.18 bits per heavy atom. The van der Waals surface area contributed by atoms with Crippen LogP contribution in [0.25, 0.3) is 6.08 Å². The van der Waals surface area contributed by atoms with Gasteiger partial charge >= 0.3 is 0 Å². The van der Waals surface area contributed by atoms with Crippen LogP contribution in [0.15, 0.2) is 85.4 Å². The minimum Gasteiger partial charge on any atom is -0.346 e. The summed E-state index contributed by atoms with van der Waals surface area (Å²) in [5.74, 6) is 0.307. The molecule has 0 saturated heterocycles. The Morgan fingerprint density at radius 3 is 2.36 bits per heavy atom. The summed E-state index contributed by atoms with van der Waals surface area (Å²) in [7, 11) is 0. The quantitative estimate of drug-likeness (QED) is 0.126. The first-order valence-corrected chi connectivity index (χ1v) is 11.2. The highest BCUT2D eigenvalue weighted by atomic mass is 16.5. The van der Waals surface area contributed by atoms with E-state index in [0.29, 0.717) is 13.1 Å². The number of hydroxylamine groups is 1. The lowest BCUT2D eigenvalue weighted by atomic mass is 10.1. The Balaban J connectivity index is 0.00000242. The van der Waals surface area contributed by atoms with Crippen LogP contribution in [0.5, 0.6) is 0 Å². The van der Waals surface area contributed by atoms with Crippen molar-refractivity contribution in [2.24, 2.45) is 4.99 Å². The smallest absolute Gasteiger partial charge is 0.267 e. The number of benzene rings is 2. The molecule has 0 bridgehead atoms. The molecule has 2 aromatic rings. The molecule has 0 spiro atoms. The Bertz CT molecular complexity index is 902. The topological polar surface area (TPSA) is 64.9 Å². The van der Waals surface area contributed by atoms with Crippen LogP contribution >= 0.6 is 0 Å². The molecule has 0 fully saturated rings. The second kappa shape index (κ2) is 17.2. The van der Waals surface area contributed by atoms with Gasteiger partial charge in [0, 0.05) is 30.8 Å². The van der Waals surface area contributed by atoms with Crippen LogP contribution in [-0.2, 0) is 11.3 Å². The molecule has 5 heteroatoms. The molecule has 1 unspecified atom stereocenters. The molecule has 0 heterocycles. The SMILES string of the molecule is C=C.C=CC(C)N(Cc1ccc(C)cc1)C(=NCC)c1cccc(/C=C/C(=O)NO)c1.CC. The number of nitrogens with zero attached hydrogens (tertiary/aromatic N) is 2. The number of amides is 1. The van der Waals surface area contributed by atoms with Crippen molar-refractivity contribution >= 4 is 17.8 Å². The monoisotopic (exact) mass is 449 g/mol. The number of hydrogen-bond donors (Lipinski definition) is 2. The van der Waals surface area contributed by atoms with Gasteiger partial charge in [0.1, 0.15) is 5.84 Å². The van der Waals surface area contributed by atoms with Crippen molar-refractivity contribution in [2.75, 3.05) is 6.54 Å². The first-order chi connectivity index (χ1) is 16.0. The standard InChI is InChI=1S/C24H29N3O2.C2H6.C2H4/c1-5-19(4)27(17-21-12-10-18(3)11-13-21)24(25-6-2)22-9-7-8-20(16-22)14-15-23(28)26-29;2*1-2/h5,7-16,19,29H,1,6,17H2,2-4H3,(H,26,28);1-2H3;1-2H2/b15-14+,25-24?;;. The van der Waals surface area contributed by atoms with Gasteiger partial charge in [-0.05, 0) is 44.0 Å². The van der Waals surface area contributed by atoms with Crippen molar-refractivity contribution in [3.8, 4) is 0 Å². The lowest BCUT2D eigenvalue weighted by Gasteiger charge is -2.31. The van der Waals surface area contributed by atoms with Gasteiger partial charge in [-0.3, -0.25) is 15.0 Å².